The molecule has 4 nitrogen and oxygen atoms in total. The van der Waals surface area contributed by atoms with Gasteiger partial charge in [0.1, 0.15) is 5.82 Å². The first kappa shape index (κ1) is 9.86. The summed E-state index contributed by atoms with van der Waals surface area (Å²) < 4.78 is 4.20. The fraction of sp³-hybridized carbons (Fsp3) is 0.778. The summed E-state index contributed by atoms with van der Waals surface area (Å²) in [5, 5.41) is 1.04. The highest BCUT2D eigenvalue weighted by Crippen LogP contribution is 2.25. The molecule has 1 aromatic rings. The molecule has 1 aliphatic rings. The molecule has 0 spiro atoms. The van der Waals surface area contributed by atoms with Crippen LogP contribution in [0.2, 0.25) is 0 Å². The van der Waals surface area contributed by atoms with Gasteiger partial charge in [-0.1, -0.05) is 0 Å². The van der Waals surface area contributed by atoms with Crippen LogP contribution in [0, 0.1) is 6.92 Å². The summed E-state index contributed by atoms with van der Waals surface area (Å²) in [6.45, 7) is 5.15. The molecular formula is C9H16N4S. The number of piperidine rings is 1. The lowest BCUT2D eigenvalue weighted by atomic mass is 10.00. The molecule has 0 amide bonds. The van der Waals surface area contributed by atoms with Crippen LogP contribution in [0.15, 0.2) is 0 Å². The first-order chi connectivity index (χ1) is 6.66. The summed E-state index contributed by atoms with van der Waals surface area (Å²) in [4.78, 5) is 6.72. The highest BCUT2D eigenvalue weighted by Gasteiger charge is 2.25. The molecule has 2 heterocycles. The number of hydrogen-bond acceptors (Lipinski definition) is 5. The second kappa shape index (κ2) is 3.82. The van der Waals surface area contributed by atoms with Crippen LogP contribution < -0.4 is 10.6 Å². The van der Waals surface area contributed by atoms with E-state index in [0.29, 0.717) is 12.1 Å². The maximum atomic E-state index is 5.91. The van der Waals surface area contributed by atoms with Gasteiger partial charge < -0.3 is 10.6 Å². The molecule has 78 valence electrons. The van der Waals surface area contributed by atoms with Crippen molar-refractivity contribution in [1.29, 1.82) is 0 Å². The fourth-order valence-electron chi connectivity index (χ4n) is 1.90. The van der Waals surface area contributed by atoms with Gasteiger partial charge in [0.2, 0.25) is 5.13 Å². The van der Waals surface area contributed by atoms with E-state index in [1.165, 1.54) is 11.5 Å². The van der Waals surface area contributed by atoms with Crippen LogP contribution in [0.1, 0.15) is 25.6 Å². The molecule has 2 atom stereocenters. The summed E-state index contributed by atoms with van der Waals surface area (Å²) in [6, 6.07) is 0.848. The molecule has 14 heavy (non-hydrogen) atoms. The number of rotatable bonds is 1. The van der Waals surface area contributed by atoms with Crippen LogP contribution in [-0.4, -0.2) is 28.0 Å². The second-order valence-electron chi connectivity index (χ2n) is 3.95. The van der Waals surface area contributed by atoms with Crippen molar-refractivity contribution < 1.29 is 0 Å². The minimum absolute atomic E-state index is 0.357. The molecule has 1 aliphatic heterocycles. The van der Waals surface area contributed by atoms with E-state index in [9.17, 15) is 0 Å². The van der Waals surface area contributed by atoms with Crippen molar-refractivity contribution in [3.05, 3.63) is 5.82 Å². The molecule has 0 aliphatic carbocycles. The molecule has 0 aromatic carbocycles. The molecule has 0 saturated carbocycles. The average molecular weight is 212 g/mol. The Hall–Kier alpha value is -0.680. The Morgan fingerprint density at radius 3 is 2.93 bits per heavy atom. The Balaban J connectivity index is 2.11. The largest absolute Gasteiger partial charge is 0.344 e. The van der Waals surface area contributed by atoms with E-state index in [0.717, 1.165) is 30.3 Å². The van der Waals surface area contributed by atoms with Gasteiger partial charge in [0, 0.05) is 30.2 Å². The third kappa shape index (κ3) is 1.88. The SMILES string of the molecule is Cc1nsc(N2CCC(N)CC2C)n1. The number of aromatic nitrogens is 2. The number of nitrogens with zero attached hydrogens (tertiary/aromatic N) is 3. The maximum absolute atomic E-state index is 5.91. The lowest BCUT2D eigenvalue weighted by Gasteiger charge is -2.35. The first-order valence-corrected chi connectivity index (χ1v) is 5.76. The zero-order valence-corrected chi connectivity index (χ0v) is 9.42. The monoisotopic (exact) mass is 212 g/mol. The van der Waals surface area contributed by atoms with Gasteiger partial charge in [0.15, 0.2) is 0 Å². The molecule has 2 N–H and O–H groups in total. The lowest BCUT2D eigenvalue weighted by Crippen LogP contribution is -2.45. The van der Waals surface area contributed by atoms with Gasteiger partial charge in [-0.05, 0) is 26.7 Å². The third-order valence-electron chi connectivity index (χ3n) is 2.68. The molecule has 1 aromatic heterocycles. The third-order valence-corrected chi connectivity index (χ3v) is 3.52. The second-order valence-corrected chi connectivity index (χ2v) is 4.68. The van der Waals surface area contributed by atoms with Crippen molar-refractivity contribution in [3.8, 4) is 0 Å². The Labute approximate surface area is 88.3 Å². The molecule has 2 unspecified atom stereocenters. The average Bonchev–Trinajstić information content (AvgIpc) is 2.51. The molecular weight excluding hydrogens is 196 g/mol. The molecule has 0 radical (unpaired) electrons. The Kier molecular flexibility index (Phi) is 2.69. The molecule has 1 saturated heterocycles. The zero-order valence-electron chi connectivity index (χ0n) is 8.60. The Bertz CT molecular complexity index is 312. The maximum Gasteiger partial charge on any atom is 0.205 e. The van der Waals surface area contributed by atoms with Gasteiger partial charge in [-0.3, -0.25) is 0 Å². The highest BCUT2D eigenvalue weighted by molar-refractivity contribution is 7.09. The highest BCUT2D eigenvalue weighted by atomic mass is 32.1. The molecule has 1 fully saturated rings. The zero-order chi connectivity index (χ0) is 10.1. The standard InChI is InChI=1S/C9H16N4S/c1-6-5-8(10)3-4-13(6)9-11-7(2)12-14-9/h6,8H,3-5,10H2,1-2H3. The minimum Gasteiger partial charge on any atom is -0.344 e. The van der Waals surface area contributed by atoms with Crippen LogP contribution in [0.3, 0.4) is 0 Å². The van der Waals surface area contributed by atoms with Crippen molar-refractivity contribution >= 4 is 16.7 Å². The van der Waals surface area contributed by atoms with E-state index >= 15 is 0 Å². The van der Waals surface area contributed by atoms with E-state index in [4.69, 9.17) is 5.73 Å². The van der Waals surface area contributed by atoms with E-state index in [1.807, 2.05) is 6.92 Å². The lowest BCUT2D eigenvalue weighted by molar-refractivity contribution is 0.429. The van der Waals surface area contributed by atoms with Crippen LogP contribution >= 0.6 is 11.5 Å². The summed E-state index contributed by atoms with van der Waals surface area (Å²) in [6.07, 6.45) is 2.11. The summed E-state index contributed by atoms with van der Waals surface area (Å²) in [7, 11) is 0. The van der Waals surface area contributed by atoms with Crippen LogP contribution in [-0.2, 0) is 0 Å². The van der Waals surface area contributed by atoms with Crippen LogP contribution in [0.4, 0.5) is 5.13 Å². The van der Waals surface area contributed by atoms with Gasteiger partial charge in [-0.25, -0.2) is 4.98 Å². The van der Waals surface area contributed by atoms with E-state index in [2.05, 4.69) is 21.2 Å². The summed E-state index contributed by atoms with van der Waals surface area (Å²) in [5.74, 6) is 0.868. The van der Waals surface area contributed by atoms with E-state index in [-0.39, 0.29) is 0 Å². The minimum atomic E-state index is 0.357. The van der Waals surface area contributed by atoms with Crippen molar-refractivity contribution in [1.82, 2.24) is 9.36 Å². The predicted molar refractivity (Wildman–Crippen MR) is 58.7 cm³/mol. The number of aryl methyl sites for hydroxylation is 1. The Morgan fingerprint density at radius 2 is 2.36 bits per heavy atom. The normalized spacial score (nSPS) is 28.1. The topological polar surface area (TPSA) is 55.0 Å². The van der Waals surface area contributed by atoms with Crippen molar-refractivity contribution in [2.24, 2.45) is 5.73 Å². The van der Waals surface area contributed by atoms with E-state index in [1.54, 1.807) is 0 Å². The quantitative estimate of drug-likeness (QED) is 0.759. The number of nitrogens with two attached hydrogens (primary N) is 1. The molecule has 0 bridgehead atoms. The van der Waals surface area contributed by atoms with Crippen molar-refractivity contribution in [2.45, 2.75) is 38.8 Å². The van der Waals surface area contributed by atoms with Crippen LogP contribution in [0.5, 0.6) is 0 Å². The first-order valence-electron chi connectivity index (χ1n) is 4.99. The van der Waals surface area contributed by atoms with E-state index < -0.39 is 0 Å². The summed E-state index contributed by atoms with van der Waals surface area (Å²) >= 11 is 1.49. The van der Waals surface area contributed by atoms with Crippen molar-refractivity contribution in [2.75, 3.05) is 11.4 Å². The molecule has 2 rings (SSSR count). The van der Waals surface area contributed by atoms with Gasteiger partial charge in [0.05, 0.1) is 0 Å². The number of hydrogen-bond donors (Lipinski definition) is 1. The Morgan fingerprint density at radius 1 is 1.57 bits per heavy atom. The molecule has 5 heteroatoms. The fourth-order valence-corrected chi connectivity index (χ4v) is 2.70. The van der Waals surface area contributed by atoms with Gasteiger partial charge >= 0.3 is 0 Å². The van der Waals surface area contributed by atoms with Gasteiger partial charge in [0.25, 0.3) is 0 Å². The number of anilines is 1. The summed E-state index contributed by atoms with van der Waals surface area (Å²) in [5.41, 5.74) is 5.91. The van der Waals surface area contributed by atoms with Crippen molar-refractivity contribution in [3.63, 3.8) is 0 Å². The van der Waals surface area contributed by atoms with Gasteiger partial charge in [-0.15, -0.1) is 0 Å². The smallest absolute Gasteiger partial charge is 0.205 e. The predicted octanol–water partition coefficient (Wildman–Crippen LogP) is 1.16. The van der Waals surface area contributed by atoms with Gasteiger partial charge in [-0.2, -0.15) is 4.37 Å². The van der Waals surface area contributed by atoms with Crippen LogP contribution in [0.25, 0.3) is 0 Å².